The van der Waals surface area contributed by atoms with Crippen LogP contribution in [0.15, 0.2) is 201 Å². The second-order valence-corrected chi connectivity index (χ2v) is 12.2. The average Bonchev–Trinajstić information content (AvgIpc) is 3.32. The Labute approximate surface area is 356 Å². The fourth-order valence-corrected chi connectivity index (χ4v) is 5.12. The zero-order valence-electron chi connectivity index (χ0n) is 31.9. The van der Waals surface area contributed by atoms with E-state index in [1.54, 1.807) is 37.2 Å². The van der Waals surface area contributed by atoms with Crippen molar-refractivity contribution >= 4 is 5.97 Å². The van der Waals surface area contributed by atoms with E-state index in [4.69, 9.17) is 9.47 Å². The molecule has 0 spiro atoms. The van der Waals surface area contributed by atoms with E-state index in [0.717, 1.165) is 68.2 Å². The van der Waals surface area contributed by atoms with Gasteiger partial charge in [0.15, 0.2) is 0 Å². The Morgan fingerprint density at radius 2 is 0.881 bits per heavy atom. The number of carbonyl (C=O) groups is 1. The predicted octanol–water partition coefficient (Wildman–Crippen LogP) is 9.64. The van der Waals surface area contributed by atoms with Crippen LogP contribution < -0.4 is 4.74 Å². The molecular formula is C49H38N6O3Ru. The van der Waals surface area contributed by atoms with Crippen LogP contribution in [0.5, 0.6) is 5.75 Å². The third-order valence-corrected chi connectivity index (χ3v) is 8.05. The van der Waals surface area contributed by atoms with Gasteiger partial charge in [-0.25, -0.2) is 4.79 Å². The van der Waals surface area contributed by atoms with Crippen molar-refractivity contribution in [2.75, 3.05) is 0 Å². The summed E-state index contributed by atoms with van der Waals surface area (Å²) in [5, 5.41) is 0. The Hall–Kier alpha value is -7.47. The molecule has 8 rings (SSSR count). The Morgan fingerprint density at radius 1 is 0.475 bits per heavy atom. The largest absolute Gasteiger partial charge is 0.489 e. The van der Waals surface area contributed by atoms with E-state index in [-0.39, 0.29) is 26.1 Å². The van der Waals surface area contributed by atoms with Crippen LogP contribution in [0.2, 0.25) is 0 Å². The van der Waals surface area contributed by atoms with E-state index >= 15 is 0 Å². The van der Waals surface area contributed by atoms with Crippen LogP contribution in [0.1, 0.15) is 22.3 Å². The summed E-state index contributed by atoms with van der Waals surface area (Å²) in [6.07, 6.45) is 11.7. The fourth-order valence-electron chi connectivity index (χ4n) is 5.12. The van der Waals surface area contributed by atoms with Gasteiger partial charge in [0.2, 0.25) is 0 Å². The van der Waals surface area contributed by atoms with Crippen molar-refractivity contribution in [2.24, 2.45) is 0 Å². The smallest absolute Gasteiger partial charge is 0.330 e. The molecule has 0 aliphatic carbocycles. The molecule has 6 heterocycles. The zero-order chi connectivity index (χ0) is 40.0. The van der Waals surface area contributed by atoms with E-state index in [1.807, 2.05) is 152 Å². The number of aromatic nitrogens is 6. The van der Waals surface area contributed by atoms with E-state index in [9.17, 15) is 4.79 Å². The Kier molecular flexibility index (Phi) is 17.0. The number of rotatable bonds is 9. The normalized spacial score (nSPS) is 9.69. The first-order chi connectivity index (χ1) is 28.6. The van der Waals surface area contributed by atoms with Crippen molar-refractivity contribution in [3.8, 4) is 51.8 Å². The number of hydrogen-bond acceptors (Lipinski definition) is 9. The van der Waals surface area contributed by atoms with Crippen LogP contribution in [-0.2, 0) is 42.2 Å². The van der Waals surface area contributed by atoms with Gasteiger partial charge in [0.25, 0.3) is 0 Å². The summed E-state index contributed by atoms with van der Waals surface area (Å²) in [6, 6.07) is 48.1. The minimum absolute atomic E-state index is 0. The standard InChI is InChI=1S/C29H22N2O3.2C10H8N2.Ru/c1-2-29(32)34-20-24-10-8-22(9-11-24)6-7-23-12-14-26(15-13-23)33-21-25-16-18-31-28(19-25)27-5-3-4-17-30-27;2*1-3-7-11-9(5-1)10-6-2-4-8-12-10;/h2-5,8-19H,1,20-21H2;2*1-8H;. The van der Waals surface area contributed by atoms with Gasteiger partial charge in [0.05, 0.1) is 34.2 Å². The third-order valence-electron chi connectivity index (χ3n) is 8.05. The van der Waals surface area contributed by atoms with Crippen molar-refractivity contribution in [1.82, 2.24) is 29.9 Å². The third kappa shape index (κ3) is 14.2. The van der Waals surface area contributed by atoms with Crippen LogP contribution >= 0.6 is 0 Å². The number of hydrogen-bond donors (Lipinski definition) is 0. The van der Waals surface area contributed by atoms with Crippen molar-refractivity contribution in [3.05, 3.63) is 224 Å². The molecule has 59 heavy (non-hydrogen) atoms. The molecule has 0 saturated heterocycles. The number of pyridine rings is 6. The van der Waals surface area contributed by atoms with Crippen molar-refractivity contribution in [3.63, 3.8) is 0 Å². The molecule has 0 N–H and O–H groups in total. The van der Waals surface area contributed by atoms with Gasteiger partial charge in [-0.1, -0.05) is 60.9 Å². The minimum Gasteiger partial charge on any atom is -0.489 e. The summed E-state index contributed by atoms with van der Waals surface area (Å²) < 4.78 is 10.9. The molecule has 0 unspecified atom stereocenters. The molecule has 10 heteroatoms. The monoisotopic (exact) mass is 860 g/mol. The van der Waals surface area contributed by atoms with Gasteiger partial charge >= 0.3 is 5.97 Å². The van der Waals surface area contributed by atoms with Gasteiger partial charge in [-0.2, -0.15) is 0 Å². The number of esters is 1. The predicted molar refractivity (Wildman–Crippen MR) is 226 cm³/mol. The van der Waals surface area contributed by atoms with Gasteiger partial charge in [0.1, 0.15) is 19.0 Å². The molecule has 0 amide bonds. The SMILES string of the molecule is C=CC(=O)OCc1ccc(C#Cc2ccc(OCc3ccnc(-c4ccccn4)c3)cc2)cc1.[Ru].c1ccc(-c2ccccn2)nc1.c1ccc(-c2ccccn2)nc1. The molecule has 8 aromatic rings. The first-order valence-corrected chi connectivity index (χ1v) is 18.3. The summed E-state index contributed by atoms with van der Waals surface area (Å²) in [5.74, 6) is 6.61. The van der Waals surface area contributed by atoms with Gasteiger partial charge in [-0.3, -0.25) is 29.9 Å². The molecule has 0 fully saturated rings. The quantitative estimate of drug-likeness (QED) is 0.0606. The molecule has 0 bridgehead atoms. The van der Waals surface area contributed by atoms with Crippen LogP contribution in [0.25, 0.3) is 34.2 Å². The molecule has 6 aromatic heterocycles. The number of ether oxygens (including phenoxy) is 2. The second kappa shape index (κ2) is 23.6. The van der Waals surface area contributed by atoms with E-state index in [1.165, 1.54) is 0 Å². The molecule has 0 aliphatic rings. The maximum absolute atomic E-state index is 11.1. The molecular weight excluding hydrogens is 822 g/mol. The first kappa shape index (κ1) is 42.7. The fraction of sp³-hybridized carbons (Fsp3) is 0.0408. The Balaban J connectivity index is 0.000000213. The summed E-state index contributed by atoms with van der Waals surface area (Å²) in [5.41, 5.74) is 8.98. The molecule has 290 valence electrons. The molecule has 0 saturated carbocycles. The van der Waals surface area contributed by atoms with Gasteiger partial charge in [0, 0.05) is 73.9 Å². The van der Waals surface area contributed by atoms with Crippen LogP contribution in [0.3, 0.4) is 0 Å². The molecule has 0 radical (unpaired) electrons. The van der Waals surface area contributed by atoms with Crippen LogP contribution in [-0.4, -0.2) is 35.9 Å². The molecule has 0 atom stereocenters. The Bertz CT molecular complexity index is 2370. The van der Waals surface area contributed by atoms with Crippen molar-refractivity contribution < 1.29 is 33.7 Å². The minimum atomic E-state index is -0.439. The number of benzene rings is 2. The second-order valence-electron chi connectivity index (χ2n) is 12.2. The van der Waals surface area contributed by atoms with Gasteiger partial charge < -0.3 is 9.47 Å². The number of carbonyl (C=O) groups excluding carboxylic acids is 1. The van der Waals surface area contributed by atoms with Crippen LogP contribution in [0, 0.1) is 11.8 Å². The van der Waals surface area contributed by atoms with E-state index in [2.05, 4.69) is 48.3 Å². The maximum Gasteiger partial charge on any atom is 0.330 e. The molecule has 9 nitrogen and oxygen atoms in total. The zero-order valence-corrected chi connectivity index (χ0v) is 33.6. The maximum atomic E-state index is 11.1. The summed E-state index contributed by atoms with van der Waals surface area (Å²) in [6.45, 7) is 4.02. The van der Waals surface area contributed by atoms with Gasteiger partial charge in [-0.05, 0) is 120 Å². The summed E-state index contributed by atoms with van der Waals surface area (Å²) >= 11 is 0. The topological polar surface area (TPSA) is 113 Å². The number of nitrogens with zero attached hydrogens (tertiary/aromatic N) is 6. The Morgan fingerprint density at radius 3 is 1.29 bits per heavy atom. The van der Waals surface area contributed by atoms with Gasteiger partial charge in [-0.15, -0.1) is 0 Å². The van der Waals surface area contributed by atoms with E-state index < -0.39 is 5.97 Å². The summed E-state index contributed by atoms with van der Waals surface area (Å²) in [7, 11) is 0. The molecule has 2 aromatic carbocycles. The molecule has 0 aliphatic heterocycles. The van der Waals surface area contributed by atoms with Crippen molar-refractivity contribution in [1.29, 1.82) is 0 Å². The van der Waals surface area contributed by atoms with Crippen molar-refractivity contribution in [2.45, 2.75) is 13.2 Å². The van der Waals surface area contributed by atoms with Crippen LogP contribution in [0.4, 0.5) is 0 Å². The van der Waals surface area contributed by atoms with E-state index in [0.29, 0.717) is 6.61 Å². The summed E-state index contributed by atoms with van der Waals surface area (Å²) in [4.78, 5) is 36.6. The average molecular weight is 860 g/mol. The first-order valence-electron chi connectivity index (χ1n) is 18.3.